The number of carbonyl (C=O) groups is 1. The van der Waals surface area contributed by atoms with Gasteiger partial charge < -0.3 is 0 Å². The Morgan fingerprint density at radius 2 is 2.00 bits per heavy atom. The summed E-state index contributed by atoms with van der Waals surface area (Å²) < 4.78 is 21.0. The summed E-state index contributed by atoms with van der Waals surface area (Å²) in [6.07, 6.45) is 0. The van der Waals surface area contributed by atoms with Crippen LogP contribution in [0.15, 0.2) is 29.2 Å². The fourth-order valence-electron chi connectivity index (χ4n) is 1.56. The third-order valence-electron chi connectivity index (χ3n) is 2.23. The van der Waals surface area contributed by atoms with E-state index in [2.05, 4.69) is 15.9 Å². The molecule has 0 unspecified atom stereocenters. The maximum atomic E-state index is 11.8. The molecule has 1 aliphatic rings. The smallest absolute Gasteiger partial charge is 0.274 e. The molecule has 1 aromatic rings. The van der Waals surface area contributed by atoms with Gasteiger partial charge in [-0.1, -0.05) is 38.8 Å². The van der Waals surface area contributed by atoms with Gasteiger partial charge in [-0.05, 0) is 12.1 Å². The fourth-order valence-corrected chi connectivity index (χ4v) is 3.77. The fraction of sp³-hybridized carbons (Fsp3) is 0.222. The Bertz CT molecular complexity index is 410. The molecule has 4 nitrogen and oxygen atoms in total. The number of halogens is 1. The molecule has 0 saturated carbocycles. The Kier molecular flexibility index (Phi) is 2.76. The van der Waals surface area contributed by atoms with E-state index in [-0.39, 0.29) is 12.5 Å². The van der Waals surface area contributed by atoms with Crippen LogP contribution in [0.25, 0.3) is 0 Å². The van der Waals surface area contributed by atoms with Crippen molar-refractivity contribution in [1.82, 2.24) is 4.31 Å². The molecular weight excluding hydrogens is 282 g/mol. The number of amides is 1. The van der Waals surface area contributed by atoms with Crippen molar-refractivity contribution in [3.63, 3.8) is 0 Å². The van der Waals surface area contributed by atoms with Crippen LogP contribution in [0.5, 0.6) is 0 Å². The van der Waals surface area contributed by atoms with Crippen LogP contribution in [-0.2, 0) is 0 Å². The van der Waals surface area contributed by atoms with E-state index in [1.807, 2.05) is 0 Å². The van der Waals surface area contributed by atoms with Crippen LogP contribution in [0, 0.1) is 0 Å². The number of benzene rings is 1. The highest BCUT2D eigenvalue weighted by Gasteiger charge is 2.40. The van der Waals surface area contributed by atoms with Gasteiger partial charge in [0.15, 0.2) is 0 Å². The summed E-state index contributed by atoms with van der Waals surface area (Å²) in [5.41, 5.74) is 0.387. The lowest BCUT2D eigenvalue weighted by atomic mass is 10.2. The average molecular weight is 292 g/mol. The summed E-state index contributed by atoms with van der Waals surface area (Å²) in [5, 5.41) is 0.516. The molecule has 0 bridgehead atoms. The monoisotopic (exact) mass is 291 g/mol. The predicted octanol–water partition coefficient (Wildman–Crippen LogP) is 2.56. The number of hydrogen-bond donors (Lipinski definition) is 2. The molecule has 0 fully saturated rings. The van der Waals surface area contributed by atoms with Gasteiger partial charge in [0, 0.05) is 5.33 Å². The normalized spacial score (nSPS) is 20.2. The quantitative estimate of drug-likeness (QED) is 0.824. The summed E-state index contributed by atoms with van der Waals surface area (Å²) in [6.45, 7) is 0.288. The summed E-state index contributed by atoms with van der Waals surface area (Å²) in [5.74, 6) is -0.315. The van der Waals surface area contributed by atoms with Gasteiger partial charge in [-0.2, -0.15) is 0 Å². The summed E-state index contributed by atoms with van der Waals surface area (Å²) >= 11 is 3.18. The molecule has 82 valence electrons. The van der Waals surface area contributed by atoms with Crippen LogP contribution in [0.2, 0.25) is 0 Å². The molecule has 1 heterocycles. The number of rotatable bonds is 2. The van der Waals surface area contributed by atoms with E-state index >= 15 is 0 Å². The van der Waals surface area contributed by atoms with Gasteiger partial charge in [0.2, 0.25) is 0 Å². The van der Waals surface area contributed by atoms with E-state index in [9.17, 15) is 13.9 Å². The Balaban J connectivity index is 2.50. The first-order valence-corrected chi connectivity index (χ1v) is 6.97. The van der Waals surface area contributed by atoms with Gasteiger partial charge in [-0.25, -0.2) is 4.31 Å². The maximum Gasteiger partial charge on any atom is 0.274 e. The third kappa shape index (κ3) is 1.57. The van der Waals surface area contributed by atoms with E-state index in [1.54, 1.807) is 24.3 Å². The van der Waals surface area contributed by atoms with Crippen molar-refractivity contribution >= 4 is 32.6 Å². The van der Waals surface area contributed by atoms with Crippen LogP contribution in [0.3, 0.4) is 0 Å². The lowest BCUT2D eigenvalue weighted by Crippen LogP contribution is -2.29. The lowest BCUT2D eigenvalue weighted by Gasteiger charge is -2.36. The zero-order chi connectivity index (χ0) is 11.1. The number of alkyl halides is 1. The second-order valence-electron chi connectivity index (χ2n) is 3.11. The summed E-state index contributed by atoms with van der Waals surface area (Å²) in [7, 11) is -3.10. The van der Waals surface area contributed by atoms with Crippen molar-refractivity contribution < 1.29 is 13.9 Å². The number of nitrogens with zero attached hydrogens (tertiary/aromatic N) is 1. The molecule has 2 rings (SSSR count). The first-order valence-electron chi connectivity index (χ1n) is 4.34. The zero-order valence-corrected chi connectivity index (χ0v) is 10.2. The van der Waals surface area contributed by atoms with Crippen LogP contribution >= 0.6 is 26.7 Å². The zero-order valence-electron chi connectivity index (χ0n) is 7.76. The molecule has 0 atom stereocenters. The largest absolute Gasteiger partial charge is 0.277 e. The minimum Gasteiger partial charge on any atom is -0.277 e. The molecule has 15 heavy (non-hydrogen) atoms. The summed E-state index contributed by atoms with van der Waals surface area (Å²) in [4.78, 5) is 12.1. The van der Waals surface area contributed by atoms with Crippen LogP contribution < -0.4 is 0 Å². The van der Waals surface area contributed by atoms with Crippen molar-refractivity contribution in [2.75, 3.05) is 11.9 Å². The summed E-state index contributed by atoms with van der Waals surface area (Å²) in [6, 6.07) is 6.60. The molecule has 0 aromatic heterocycles. The molecule has 0 saturated heterocycles. The van der Waals surface area contributed by atoms with Crippen LogP contribution in [-0.4, -0.2) is 31.2 Å². The number of carbonyl (C=O) groups excluding carboxylic acids is 1. The number of fused-ring (bicyclic) bond motifs is 1. The molecule has 0 aliphatic carbocycles. The van der Waals surface area contributed by atoms with Crippen molar-refractivity contribution in [2.24, 2.45) is 0 Å². The van der Waals surface area contributed by atoms with Crippen molar-refractivity contribution in [2.45, 2.75) is 4.90 Å². The average Bonchev–Trinajstić information content (AvgIpc) is 2.41. The Morgan fingerprint density at radius 3 is 2.60 bits per heavy atom. The van der Waals surface area contributed by atoms with Crippen molar-refractivity contribution in [3.05, 3.63) is 29.8 Å². The molecule has 0 radical (unpaired) electrons. The van der Waals surface area contributed by atoms with Gasteiger partial charge in [-0.3, -0.25) is 13.9 Å². The molecule has 1 aliphatic heterocycles. The van der Waals surface area contributed by atoms with E-state index in [4.69, 9.17) is 0 Å². The van der Waals surface area contributed by atoms with Gasteiger partial charge in [0.25, 0.3) is 5.91 Å². The minimum atomic E-state index is -3.10. The van der Waals surface area contributed by atoms with Gasteiger partial charge in [0.1, 0.15) is 0 Å². The third-order valence-corrected chi connectivity index (χ3v) is 4.50. The van der Waals surface area contributed by atoms with Gasteiger partial charge >= 0.3 is 0 Å². The van der Waals surface area contributed by atoms with E-state index in [1.165, 1.54) is 0 Å². The molecule has 6 heteroatoms. The van der Waals surface area contributed by atoms with Crippen LogP contribution in [0.4, 0.5) is 0 Å². The first kappa shape index (κ1) is 10.9. The Labute approximate surface area is 97.5 Å². The molecule has 0 spiro atoms. The highest BCUT2D eigenvalue weighted by atomic mass is 79.9. The molecule has 2 N–H and O–H groups in total. The molecular formula is C9H10BrNO3S. The Morgan fingerprint density at radius 1 is 1.33 bits per heavy atom. The van der Waals surface area contributed by atoms with E-state index < -0.39 is 10.8 Å². The van der Waals surface area contributed by atoms with Gasteiger partial charge in [0.05, 0.1) is 17.0 Å². The highest BCUT2D eigenvalue weighted by molar-refractivity contribution is 9.09. The van der Waals surface area contributed by atoms with E-state index in [0.29, 0.717) is 15.8 Å². The second kappa shape index (κ2) is 3.79. The predicted molar refractivity (Wildman–Crippen MR) is 62.4 cm³/mol. The Hall–Kier alpha value is -0.560. The topological polar surface area (TPSA) is 60.8 Å². The van der Waals surface area contributed by atoms with Crippen LogP contribution in [0.1, 0.15) is 10.4 Å². The standard InChI is InChI=1S/C9H10BrNO3S/c10-5-6-11-9(12)7-3-1-2-4-8(7)15(11,13)14/h1-4,13-14H,5-6H2. The minimum absolute atomic E-state index is 0.288. The molecule has 1 amide bonds. The lowest BCUT2D eigenvalue weighted by molar-refractivity contribution is 0.0869. The SMILES string of the molecule is O=C1c2ccccc2S(O)(O)N1CCBr. The van der Waals surface area contributed by atoms with Gasteiger partial charge in [-0.15, -0.1) is 0 Å². The van der Waals surface area contributed by atoms with E-state index in [0.717, 1.165) is 4.31 Å². The van der Waals surface area contributed by atoms with Crippen molar-refractivity contribution in [3.8, 4) is 0 Å². The first-order chi connectivity index (χ1) is 7.09. The van der Waals surface area contributed by atoms with Crippen molar-refractivity contribution in [1.29, 1.82) is 0 Å². The highest BCUT2D eigenvalue weighted by Crippen LogP contribution is 2.58. The molecule has 1 aromatic carbocycles. The maximum absolute atomic E-state index is 11.8. The second-order valence-corrected chi connectivity index (χ2v) is 5.82. The number of hydrogen-bond acceptors (Lipinski definition) is 3.